The van der Waals surface area contributed by atoms with Gasteiger partial charge in [-0.3, -0.25) is 4.79 Å². The Morgan fingerprint density at radius 2 is 1.92 bits per heavy atom. The van der Waals surface area contributed by atoms with Gasteiger partial charge in [-0.05, 0) is 49.7 Å². The molecule has 1 amide bonds. The van der Waals surface area contributed by atoms with E-state index in [0.29, 0.717) is 24.7 Å². The van der Waals surface area contributed by atoms with E-state index >= 15 is 0 Å². The first-order chi connectivity index (χ1) is 17.5. The molecule has 192 valence electrons. The highest BCUT2D eigenvalue weighted by Crippen LogP contribution is 2.38. The molecule has 1 unspecified atom stereocenters. The molecule has 1 saturated heterocycles. The summed E-state index contributed by atoms with van der Waals surface area (Å²) < 4.78 is 0. The largest absolute Gasteiger partial charge is 0.352 e. The van der Waals surface area contributed by atoms with Crippen molar-refractivity contribution in [2.45, 2.75) is 38.6 Å². The molecule has 1 atom stereocenters. The van der Waals surface area contributed by atoms with Gasteiger partial charge >= 0.3 is 0 Å². The number of piperazine rings is 1. The summed E-state index contributed by atoms with van der Waals surface area (Å²) in [5.74, 6) is 1.01. The molecule has 5 rings (SSSR count). The standard InChI is InChI=1S/C27H35ClN6OS/c1-3-4-10-29-16-22(19-5-7-20(28)8-6-19)27(35)34-14-12-33(13-15-34)25-24-21-9-11-32(2)17-23(21)36-26(24)31-18-30-25/h5-8,18,22,29H,3-4,9-17H2,1-2H3. The molecule has 9 heteroatoms. The molecule has 36 heavy (non-hydrogen) atoms. The van der Waals surface area contributed by atoms with Crippen molar-refractivity contribution in [3.63, 3.8) is 0 Å². The number of rotatable bonds is 8. The molecule has 1 fully saturated rings. The van der Waals surface area contributed by atoms with Crippen LogP contribution in [0.3, 0.4) is 0 Å². The molecule has 0 radical (unpaired) electrons. The van der Waals surface area contributed by atoms with E-state index in [1.54, 1.807) is 17.7 Å². The molecular formula is C27H35ClN6OS. The summed E-state index contributed by atoms with van der Waals surface area (Å²) in [5, 5.41) is 5.41. The SMILES string of the molecule is CCCCNCC(C(=O)N1CCN(c2ncnc3sc4c(c23)CCN(C)C4)CC1)c1ccc(Cl)cc1. The topological polar surface area (TPSA) is 64.6 Å². The Kier molecular flexibility index (Phi) is 8.06. The highest BCUT2D eigenvalue weighted by molar-refractivity contribution is 7.19. The van der Waals surface area contributed by atoms with Gasteiger partial charge in [0.1, 0.15) is 17.0 Å². The second-order valence-electron chi connectivity index (χ2n) is 9.84. The number of fused-ring (bicyclic) bond motifs is 3. The number of hydrogen-bond acceptors (Lipinski definition) is 7. The fourth-order valence-electron chi connectivity index (χ4n) is 5.23. The highest BCUT2D eigenvalue weighted by atomic mass is 35.5. The van der Waals surface area contributed by atoms with E-state index < -0.39 is 0 Å². The fraction of sp³-hybridized carbons (Fsp3) is 0.519. The third-order valence-electron chi connectivity index (χ3n) is 7.32. The van der Waals surface area contributed by atoms with Gasteiger partial charge in [-0.25, -0.2) is 9.97 Å². The Hall–Kier alpha value is -2.26. The number of carbonyl (C=O) groups is 1. The van der Waals surface area contributed by atoms with Crippen LogP contribution >= 0.6 is 22.9 Å². The van der Waals surface area contributed by atoms with Gasteiger partial charge in [0.2, 0.25) is 5.91 Å². The van der Waals surface area contributed by atoms with Crippen LogP contribution in [0.2, 0.25) is 5.02 Å². The minimum absolute atomic E-state index is 0.185. The Balaban J connectivity index is 1.30. The van der Waals surface area contributed by atoms with E-state index in [2.05, 4.69) is 34.1 Å². The van der Waals surface area contributed by atoms with E-state index in [-0.39, 0.29) is 11.8 Å². The van der Waals surface area contributed by atoms with Gasteiger partial charge in [0.25, 0.3) is 0 Å². The van der Waals surface area contributed by atoms with E-state index in [0.717, 1.165) is 68.2 Å². The van der Waals surface area contributed by atoms with E-state index in [4.69, 9.17) is 16.6 Å². The summed E-state index contributed by atoms with van der Waals surface area (Å²) in [6.07, 6.45) is 4.98. The minimum Gasteiger partial charge on any atom is -0.352 e. The molecule has 2 aromatic heterocycles. The molecule has 3 aromatic rings. The van der Waals surface area contributed by atoms with E-state index in [9.17, 15) is 4.79 Å². The molecule has 0 bridgehead atoms. The Labute approximate surface area is 222 Å². The summed E-state index contributed by atoms with van der Waals surface area (Å²) in [6, 6.07) is 7.72. The molecule has 1 N–H and O–H groups in total. The Bertz CT molecular complexity index is 1190. The third-order valence-corrected chi connectivity index (χ3v) is 8.70. The number of hydrogen-bond donors (Lipinski definition) is 1. The summed E-state index contributed by atoms with van der Waals surface area (Å²) in [5.41, 5.74) is 2.44. The number of likely N-dealkylation sites (N-methyl/N-ethyl adjacent to an activating group) is 1. The summed E-state index contributed by atoms with van der Waals surface area (Å²) in [7, 11) is 2.17. The smallest absolute Gasteiger partial charge is 0.231 e. The van der Waals surface area contributed by atoms with Crippen molar-refractivity contribution in [1.82, 2.24) is 25.1 Å². The van der Waals surface area contributed by atoms with Crippen LogP contribution < -0.4 is 10.2 Å². The molecule has 4 heterocycles. The van der Waals surface area contributed by atoms with Crippen LogP contribution in [-0.4, -0.2) is 78.5 Å². The number of carbonyl (C=O) groups excluding carboxylic acids is 1. The second-order valence-corrected chi connectivity index (χ2v) is 11.4. The zero-order valence-corrected chi connectivity index (χ0v) is 22.7. The van der Waals surface area contributed by atoms with Crippen LogP contribution in [0.15, 0.2) is 30.6 Å². The number of halogens is 1. The van der Waals surface area contributed by atoms with Crippen LogP contribution in [0.4, 0.5) is 5.82 Å². The molecule has 7 nitrogen and oxygen atoms in total. The summed E-state index contributed by atoms with van der Waals surface area (Å²) in [4.78, 5) is 32.2. The number of thiophene rings is 1. The predicted molar refractivity (Wildman–Crippen MR) is 148 cm³/mol. The van der Waals surface area contributed by atoms with Crippen molar-refractivity contribution < 1.29 is 4.79 Å². The number of aromatic nitrogens is 2. The average Bonchev–Trinajstić information content (AvgIpc) is 3.27. The van der Waals surface area contributed by atoms with Crippen molar-refractivity contribution in [3.05, 3.63) is 51.6 Å². The molecule has 1 aromatic carbocycles. The van der Waals surface area contributed by atoms with Crippen LogP contribution in [0.5, 0.6) is 0 Å². The zero-order valence-electron chi connectivity index (χ0n) is 21.2. The molecule has 2 aliphatic heterocycles. The lowest BCUT2D eigenvalue weighted by Gasteiger charge is -2.37. The fourth-order valence-corrected chi connectivity index (χ4v) is 6.62. The summed E-state index contributed by atoms with van der Waals surface area (Å²) >= 11 is 7.92. The van der Waals surface area contributed by atoms with Gasteiger partial charge in [-0.1, -0.05) is 37.1 Å². The van der Waals surface area contributed by atoms with E-state index in [1.807, 2.05) is 29.2 Å². The van der Waals surface area contributed by atoms with Gasteiger partial charge in [0.15, 0.2) is 0 Å². The lowest BCUT2D eigenvalue weighted by Crippen LogP contribution is -2.51. The van der Waals surface area contributed by atoms with Gasteiger partial charge in [-0.15, -0.1) is 11.3 Å². The minimum atomic E-state index is -0.211. The number of nitrogens with zero attached hydrogens (tertiary/aromatic N) is 5. The van der Waals surface area contributed by atoms with Crippen molar-refractivity contribution in [2.75, 3.05) is 57.8 Å². The average molecular weight is 527 g/mol. The normalized spacial score (nSPS) is 17.4. The Morgan fingerprint density at radius 3 is 2.67 bits per heavy atom. The molecule has 0 spiro atoms. The monoisotopic (exact) mass is 526 g/mol. The molecular weight excluding hydrogens is 492 g/mol. The first kappa shape index (κ1) is 25.4. The first-order valence-corrected chi connectivity index (χ1v) is 14.2. The van der Waals surface area contributed by atoms with Crippen molar-refractivity contribution in [1.29, 1.82) is 0 Å². The van der Waals surface area contributed by atoms with Crippen molar-refractivity contribution in [2.24, 2.45) is 0 Å². The maximum Gasteiger partial charge on any atom is 0.231 e. The van der Waals surface area contributed by atoms with Gasteiger partial charge in [-0.2, -0.15) is 0 Å². The predicted octanol–water partition coefficient (Wildman–Crippen LogP) is 4.15. The lowest BCUT2D eigenvalue weighted by molar-refractivity contribution is -0.133. The van der Waals surface area contributed by atoms with Gasteiger partial charge < -0.3 is 20.0 Å². The van der Waals surface area contributed by atoms with E-state index in [1.165, 1.54) is 15.8 Å². The second kappa shape index (κ2) is 11.4. The maximum absolute atomic E-state index is 13.7. The lowest BCUT2D eigenvalue weighted by atomic mass is 9.97. The quantitative estimate of drug-likeness (QED) is 0.445. The van der Waals surface area contributed by atoms with Crippen LogP contribution in [-0.2, 0) is 17.8 Å². The molecule has 2 aliphatic rings. The van der Waals surface area contributed by atoms with Gasteiger partial charge in [0.05, 0.1) is 11.3 Å². The number of unbranched alkanes of at least 4 members (excludes halogenated alkanes) is 1. The van der Waals surface area contributed by atoms with Gasteiger partial charge in [0, 0.05) is 55.7 Å². The van der Waals surface area contributed by atoms with Crippen LogP contribution in [0.25, 0.3) is 10.2 Å². The maximum atomic E-state index is 13.7. The highest BCUT2D eigenvalue weighted by Gasteiger charge is 2.30. The molecule has 0 aliphatic carbocycles. The first-order valence-electron chi connectivity index (χ1n) is 13.0. The van der Waals surface area contributed by atoms with Crippen molar-refractivity contribution in [3.8, 4) is 0 Å². The third kappa shape index (κ3) is 5.37. The number of benzene rings is 1. The number of nitrogens with one attached hydrogen (secondary N) is 1. The Morgan fingerprint density at radius 1 is 1.14 bits per heavy atom. The number of anilines is 1. The zero-order chi connectivity index (χ0) is 25.1. The summed E-state index contributed by atoms with van der Waals surface area (Å²) in [6.45, 7) is 8.73. The van der Waals surface area contributed by atoms with Crippen molar-refractivity contribution >= 4 is 44.9 Å². The number of amides is 1. The van der Waals surface area contributed by atoms with Crippen LogP contribution in [0.1, 0.15) is 41.7 Å². The van der Waals surface area contributed by atoms with Crippen LogP contribution in [0, 0.1) is 0 Å². The molecule has 0 saturated carbocycles.